The summed E-state index contributed by atoms with van der Waals surface area (Å²) in [7, 11) is 0. The van der Waals surface area contributed by atoms with Crippen LogP contribution in [-0.2, 0) is 6.54 Å². The Kier molecular flexibility index (Phi) is 3.48. The molecule has 0 aliphatic rings. The van der Waals surface area contributed by atoms with Crippen LogP contribution < -0.4 is 11.2 Å². The van der Waals surface area contributed by atoms with Crippen LogP contribution in [0.15, 0.2) is 27.8 Å². The molecule has 2 aromatic rings. The Bertz CT molecular complexity index is 755. The summed E-state index contributed by atoms with van der Waals surface area (Å²) in [4.78, 5) is 24.8. The van der Waals surface area contributed by atoms with Gasteiger partial charge in [0.05, 0.1) is 6.54 Å². The van der Waals surface area contributed by atoms with E-state index < -0.39 is 40.4 Å². The third kappa shape index (κ3) is 2.55. The monoisotopic (exact) mass is 290 g/mol. The highest BCUT2D eigenvalue weighted by Crippen LogP contribution is 2.10. The molecule has 1 N–H and O–H groups in total. The fourth-order valence-corrected chi connectivity index (χ4v) is 1.65. The van der Waals surface area contributed by atoms with Crippen LogP contribution in [0.1, 0.15) is 5.56 Å². The van der Waals surface area contributed by atoms with Crippen molar-refractivity contribution in [1.29, 1.82) is 0 Å². The van der Waals surface area contributed by atoms with Crippen LogP contribution in [0.3, 0.4) is 0 Å². The number of nitrogens with one attached hydrogen (secondary N) is 1. The molecule has 0 aliphatic heterocycles. The second kappa shape index (κ2) is 4.93. The topological polar surface area (TPSA) is 54.9 Å². The van der Waals surface area contributed by atoms with E-state index >= 15 is 0 Å². The lowest BCUT2D eigenvalue weighted by atomic mass is 10.2. The van der Waals surface area contributed by atoms with Crippen LogP contribution in [0.2, 0.25) is 5.15 Å². The molecule has 0 atom stereocenters. The van der Waals surface area contributed by atoms with Crippen LogP contribution in [-0.4, -0.2) is 9.55 Å². The van der Waals surface area contributed by atoms with Crippen molar-refractivity contribution < 1.29 is 13.2 Å². The fourth-order valence-electron chi connectivity index (χ4n) is 1.48. The van der Waals surface area contributed by atoms with Gasteiger partial charge in [0.15, 0.2) is 5.15 Å². The SMILES string of the molecule is O=c1[nH]c(Cl)c(F)c(=O)n1Cc1ccc(F)cc1F. The number of rotatable bonds is 2. The van der Waals surface area contributed by atoms with Crippen LogP contribution in [0.4, 0.5) is 13.2 Å². The first kappa shape index (κ1) is 13.4. The summed E-state index contributed by atoms with van der Waals surface area (Å²) in [6.45, 7) is -0.533. The molecule has 4 nitrogen and oxygen atoms in total. The summed E-state index contributed by atoms with van der Waals surface area (Å²) in [5, 5.41) is -0.717. The predicted molar refractivity (Wildman–Crippen MR) is 61.8 cm³/mol. The first-order chi connectivity index (χ1) is 8.90. The molecule has 1 aromatic carbocycles. The second-order valence-electron chi connectivity index (χ2n) is 3.69. The van der Waals surface area contributed by atoms with Gasteiger partial charge in [0.25, 0.3) is 5.56 Å². The molecule has 0 unspecified atom stereocenters. The second-order valence-corrected chi connectivity index (χ2v) is 4.06. The molecule has 0 fully saturated rings. The van der Waals surface area contributed by atoms with Gasteiger partial charge in [0.2, 0.25) is 5.82 Å². The zero-order valence-corrected chi connectivity index (χ0v) is 9.97. The van der Waals surface area contributed by atoms with Crippen molar-refractivity contribution in [2.45, 2.75) is 6.54 Å². The maximum Gasteiger partial charge on any atom is 0.329 e. The standard InChI is InChI=1S/C11H6ClF3N2O2/c12-9-8(15)10(18)17(11(19)16-9)4-5-1-2-6(13)3-7(5)14/h1-3H,4H2,(H,16,19). The number of benzene rings is 1. The van der Waals surface area contributed by atoms with Gasteiger partial charge in [-0.15, -0.1) is 0 Å². The fraction of sp³-hybridized carbons (Fsp3) is 0.0909. The summed E-state index contributed by atoms with van der Waals surface area (Å²) < 4.78 is 39.8. The van der Waals surface area contributed by atoms with Crippen molar-refractivity contribution in [1.82, 2.24) is 9.55 Å². The molecule has 1 heterocycles. The van der Waals surface area contributed by atoms with E-state index in [9.17, 15) is 22.8 Å². The molecule has 2 rings (SSSR count). The van der Waals surface area contributed by atoms with Crippen molar-refractivity contribution in [2.24, 2.45) is 0 Å². The van der Waals surface area contributed by atoms with Gasteiger partial charge in [-0.1, -0.05) is 17.7 Å². The van der Waals surface area contributed by atoms with Crippen molar-refractivity contribution >= 4 is 11.6 Å². The van der Waals surface area contributed by atoms with Crippen LogP contribution in [0.25, 0.3) is 0 Å². The maximum absolute atomic E-state index is 13.4. The Labute approximate surface area is 109 Å². The Morgan fingerprint density at radius 2 is 1.89 bits per heavy atom. The quantitative estimate of drug-likeness (QED) is 0.855. The molecular weight excluding hydrogens is 285 g/mol. The van der Waals surface area contributed by atoms with Crippen molar-refractivity contribution in [3.05, 3.63) is 67.2 Å². The smallest absolute Gasteiger partial charge is 0.295 e. The Morgan fingerprint density at radius 1 is 1.21 bits per heavy atom. The first-order valence-electron chi connectivity index (χ1n) is 5.02. The molecule has 19 heavy (non-hydrogen) atoms. The third-order valence-electron chi connectivity index (χ3n) is 2.43. The maximum atomic E-state index is 13.4. The van der Waals surface area contributed by atoms with Crippen molar-refractivity contribution in [3.63, 3.8) is 0 Å². The lowest BCUT2D eigenvalue weighted by Gasteiger charge is -2.06. The van der Waals surface area contributed by atoms with Gasteiger partial charge in [-0.2, -0.15) is 4.39 Å². The van der Waals surface area contributed by atoms with E-state index in [-0.39, 0.29) is 5.56 Å². The molecule has 1 aromatic heterocycles. The summed E-state index contributed by atoms with van der Waals surface area (Å²) in [5.74, 6) is -3.09. The minimum Gasteiger partial charge on any atom is -0.295 e. The van der Waals surface area contributed by atoms with E-state index in [0.717, 1.165) is 12.1 Å². The molecule has 0 aliphatic carbocycles. The van der Waals surface area contributed by atoms with Crippen molar-refractivity contribution in [3.8, 4) is 0 Å². The number of halogens is 4. The summed E-state index contributed by atoms with van der Waals surface area (Å²) in [5.41, 5.74) is -2.40. The number of hydrogen-bond acceptors (Lipinski definition) is 2. The number of aromatic amines is 1. The number of H-pyrrole nitrogens is 1. The molecule has 8 heteroatoms. The van der Waals surface area contributed by atoms with E-state index in [4.69, 9.17) is 11.6 Å². The van der Waals surface area contributed by atoms with Gasteiger partial charge in [0, 0.05) is 11.6 Å². The Hall–Kier alpha value is -2.02. The zero-order chi connectivity index (χ0) is 14.2. The lowest BCUT2D eigenvalue weighted by molar-refractivity contribution is 0.537. The Morgan fingerprint density at radius 3 is 2.53 bits per heavy atom. The number of nitrogens with zero attached hydrogens (tertiary/aromatic N) is 1. The van der Waals surface area contributed by atoms with Gasteiger partial charge in [-0.25, -0.2) is 13.6 Å². The lowest BCUT2D eigenvalue weighted by Crippen LogP contribution is -2.37. The molecule has 0 saturated heterocycles. The third-order valence-corrected chi connectivity index (χ3v) is 2.69. The van der Waals surface area contributed by atoms with Gasteiger partial charge < -0.3 is 0 Å². The van der Waals surface area contributed by atoms with Crippen LogP contribution >= 0.6 is 11.6 Å². The largest absolute Gasteiger partial charge is 0.329 e. The van der Waals surface area contributed by atoms with Gasteiger partial charge in [-0.05, 0) is 6.07 Å². The zero-order valence-electron chi connectivity index (χ0n) is 9.21. The Balaban J connectivity index is 2.53. The molecule has 0 bridgehead atoms. The average molecular weight is 291 g/mol. The average Bonchev–Trinajstić information content (AvgIpc) is 2.34. The van der Waals surface area contributed by atoms with E-state index in [1.54, 1.807) is 0 Å². The molecule has 0 radical (unpaired) electrons. The van der Waals surface area contributed by atoms with E-state index in [1.165, 1.54) is 0 Å². The number of aromatic nitrogens is 2. The highest BCUT2D eigenvalue weighted by Gasteiger charge is 2.14. The summed E-state index contributed by atoms with van der Waals surface area (Å²) in [6, 6.07) is 2.62. The van der Waals surface area contributed by atoms with Crippen LogP contribution in [0.5, 0.6) is 0 Å². The minimum atomic E-state index is -1.34. The predicted octanol–water partition coefficient (Wildman–Crippen LogP) is 1.66. The highest BCUT2D eigenvalue weighted by atomic mass is 35.5. The summed E-state index contributed by atoms with van der Waals surface area (Å²) >= 11 is 5.28. The van der Waals surface area contributed by atoms with Crippen LogP contribution in [0, 0.1) is 17.5 Å². The van der Waals surface area contributed by atoms with Gasteiger partial charge in [0.1, 0.15) is 11.6 Å². The summed E-state index contributed by atoms with van der Waals surface area (Å²) in [6.07, 6.45) is 0. The molecule has 0 amide bonds. The normalized spacial score (nSPS) is 10.7. The first-order valence-corrected chi connectivity index (χ1v) is 5.40. The number of hydrogen-bond donors (Lipinski definition) is 1. The molecular formula is C11H6ClF3N2O2. The molecule has 100 valence electrons. The van der Waals surface area contributed by atoms with E-state index in [1.807, 2.05) is 4.98 Å². The van der Waals surface area contributed by atoms with E-state index in [0.29, 0.717) is 10.6 Å². The van der Waals surface area contributed by atoms with E-state index in [2.05, 4.69) is 0 Å². The van der Waals surface area contributed by atoms with Crippen molar-refractivity contribution in [2.75, 3.05) is 0 Å². The highest BCUT2D eigenvalue weighted by molar-refractivity contribution is 6.29. The van der Waals surface area contributed by atoms with Gasteiger partial charge >= 0.3 is 5.69 Å². The molecule has 0 spiro atoms. The minimum absolute atomic E-state index is 0.129. The van der Waals surface area contributed by atoms with Gasteiger partial charge in [-0.3, -0.25) is 14.3 Å². The molecule has 0 saturated carbocycles.